The molecule has 3 rings (SSSR count). The monoisotopic (exact) mass is 383 g/mol. The second kappa shape index (κ2) is 6.81. The fourth-order valence-corrected chi connectivity index (χ4v) is 2.99. The Morgan fingerprint density at radius 2 is 1.76 bits per heavy atom. The van der Waals surface area contributed by atoms with Gasteiger partial charge in [-0.15, -0.1) is 0 Å². The molecule has 0 fully saturated rings. The van der Waals surface area contributed by atoms with Gasteiger partial charge in [-0.3, -0.25) is 0 Å². The molecule has 0 radical (unpaired) electrons. The van der Waals surface area contributed by atoms with Crippen LogP contribution in [0.1, 0.15) is 5.69 Å². The Balaban J connectivity index is 2.12. The summed E-state index contributed by atoms with van der Waals surface area (Å²) in [6.45, 7) is 0.297. The fraction of sp³-hybridized carbons (Fsp3) is 0.267. The van der Waals surface area contributed by atoms with Crippen LogP contribution in [0.5, 0.6) is 17.4 Å². The highest BCUT2D eigenvalue weighted by molar-refractivity contribution is 6.34. The van der Waals surface area contributed by atoms with E-state index in [4.69, 9.17) is 43.1 Å². The van der Waals surface area contributed by atoms with E-state index in [1.54, 1.807) is 16.8 Å². The van der Waals surface area contributed by atoms with Crippen LogP contribution in [-0.2, 0) is 6.54 Å². The van der Waals surface area contributed by atoms with Gasteiger partial charge in [0.25, 0.3) is 5.88 Å². The van der Waals surface area contributed by atoms with Gasteiger partial charge in [-0.05, 0) is 6.07 Å². The van der Waals surface area contributed by atoms with Crippen LogP contribution in [0, 0.1) is 0 Å². The minimum Gasteiger partial charge on any atom is -0.491 e. The number of aromatic nitrogens is 4. The minimum absolute atomic E-state index is 0.0846. The average molecular weight is 384 g/mol. The van der Waals surface area contributed by atoms with Gasteiger partial charge in [0.05, 0.1) is 39.0 Å². The number of nitrogens with two attached hydrogens (primary N) is 1. The summed E-state index contributed by atoms with van der Waals surface area (Å²) in [5.74, 6) is 1.02. The van der Waals surface area contributed by atoms with Crippen molar-refractivity contribution in [1.82, 2.24) is 19.5 Å². The van der Waals surface area contributed by atoms with Crippen LogP contribution in [-0.4, -0.2) is 40.8 Å². The van der Waals surface area contributed by atoms with E-state index in [-0.39, 0.29) is 17.0 Å². The molecular weight excluding hydrogens is 369 g/mol. The molecule has 0 aliphatic rings. The summed E-state index contributed by atoms with van der Waals surface area (Å²) in [5.41, 5.74) is 6.78. The van der Waals surface area contributed by atoms with Crippen molar-refractivity contribution in [3.63, 3.8) is 0 Å². The zero-order valence-electron chi connectivity index (χ0n) is 13.7. The molecule has 0 amide bonds. The van der Waals surface area contributed by atoms with E-state index in [1.807, 2.05) is 0 Å². The zero-order chi connectivity index (χ0) is 18.1. The lowest BCUT2D eigenvalue weighted by Crippen LogP contribution is -2.07. The van der Waals surface area contributed by atoms with Gasteiger partial charge in [0.15, 0.2) is 5.75 Å². The summed E-state index contributed by atoms with van der Waals surface area (Å²) in [4.78, 5) is 12.6. The largest absolute Gasteiger partial charge is 0.491 e. The smallest absolute Gasteiger partial charge is 0.261 e. The quantitative estimate of drug-likeness (QED) is 0.676. The highest BCUT2D eigenvalue weighted by Gasteiger charge is 2.22. The molecule has 3 aromatic heterocycles. The van der Waals surface area contributed by atoms with Crippen LogP contribution in [0.2, 0.25) is 10.2 Å². The molecule has 25 heavy (non-hydrogen) atoms. The number of pyridine rings is 1. The molecule has 0 saturated heterocycles. The lowest BCUT2D eigenvalue weighted by Gasteiger charge is -2.16. The third-order valence-corrected chi connectivity index (χ3v) is 4.28. The predicted octanol–water partition coefficient (Wildman–Crippen LogP) is 2.79. The first-order valence-electron chi connectivity index (χ1n) is 7.12. The SMILES string of the molecule is COc1nc(Cn2ccc3c(Cl)nc(N)nc32)c(Cl)c(OC)c1OC. The number of ether oxygens (including phenoxy) is 3. The minimum atomic E-state index is 0.0846. The first-order chi connectivity index (χ1) is 12.0. The number of methoxy groups -OCH3 is 3. The van der Waals surface area contributed by atoms with Gasteiger partial charge in [-0.2, -0.15) is 4.98 Å². The molecular formula is C15H15Cl2N5O3. The van der Waals surface area contributed by atoms with E-state index >= 15 is 0 Å². The van der Waals surface area contributed by atoms with Gasteiger partial charge < -0.3 is 24.5 Å². The van der Waals surface area contributed by atoms with Crippen molar-refractivity contribution < 1.29 is 14.2 Å². The summed E-state index contributed by atoms with van der Waals surface area (Å²) < 4.78 is 17.7. The maximum absolute atomic E-state index is 6.43. The van der Waals surface area contributed by atoms with Gasteiger partial charge >= 0.3 is 0 Å². The molecule has 0 aliphatic carbocycles. The zero-order valence-corrected chi connectivity index (χ0v) is 15.2. The summed E-state index contributed by atoms with van der Waals surface area (Å²) in [6, 6.07) is 1.79. The highest BCUT2D eigenvalue weighted by Crippen LogP contribution is 2.42. The number of hydrogen-bond acceptors (Lipinski definition) is 7. The molecule has 10 heteroatoms. The number of rotatable bonds is 5. The molecule has 132 valence electrons. The lowest BCUT2D eigenvalue weighted by atomic mass is 10.3. The topological polar surface area (TPSA) is 97.3 Å². The molecule has 2 N–H and O–H groups in total. The fourth-order valence-electron chi connectivity index (χ4n) is 2.49. The lowest BCUT2D eigenvalue weighted by molar-refractivity contribution is 0.314. The van der Waals surface area contributed by atoms with E-state index in [1.165, 1.54) is 21.3 Å². The summed E-state index contributed by atoms with van der Waals surface area (Å²) >= 11 is 12.5. The normalized spacial score (nSPS) is 10.9. The van der Waals surface area contributed by atoms with Gasteiger partial charge in [0, 0.05) is 6.20 Å². The highest BCUT2D eigenvalue weighted by atomic mass is 35.5. The van der Waals surface area contributed by atoms with Crippen LogP contribution >= 0.6 is 23.2 Å². The third kappa shape index (κ3) is 2.98. The summed E-state index contributed by atoms with van der Waals surface area (Å²) in [7, 11) is 4.46. The predicted molar refractivity (Wildman–Crippen MR) is 95.0 cm³/mol. The Kier molecular flexibility index (Phi) is 4.73. The van der Waals surface area contributed by atoms with Crippen molar-refractivity contribution in [3.05, 3.63) is 28.1 Å². The summed E-state index contributed by atoms with van der Waals surface area (Å²) in [6.07, 6.45) is 1.80. The maximum atomic E-state index is 6.43. The molecule has 0 aromatic carbocycles. The van der Waals surface area contributed by atoms with Gasteiger partial charge in [0.2, 0.25) is 11.7 Å². The Morgan fingerprint density at radius 3 is 2.40 bits per heavy atom. The van der Waals surface area contributed by atoms with Crippen LogP contribution in [0.25, 0.3) is 11.0 Å². The number of hydrogen-bond donors (Lipinski definition) is 1. The van der Waals surface area contributed by atoms with Crippen LogP contribution in [0.3, 0.4) is 0 Å². The second-order valence-electron chi connectivity index (χ2n) is 5.00. The van der Waals surface area contributed by atoms with E-state index in [2.05, 4.69) is 15.0 Å². The van der Waals surface area contributed by atoms with Crippen molar-refractivity contribution in [1.29, 1.82) is 0 Å². The molecule has 0 atom stereocenters. The van der Waals surface area contributed by atoms with Crippen molar-refractivity contribution in [3.8, 4) is 17.4 Å². The van der Waals surface area contributed by atoms with Gasteiger partial charge in [-0.25, -0.2) is 9.97 Å². The Bertz CT molecular complexity index is 945. The molecule has 0 bridgehead atoms. The number of anilines is 1. The molecule has 0 aliphatic heterocycles. The Labute approximate surface area is 153 Å². The van der Waals surface area contributed by atoms with Crippen LogP contribution in [0.15, 0.2) is 12.3 Å². The van der Waals surface area contributed by atoms with Gasteiger partial charge in [0.1, 0.15) is 15.8 Å². The van der Waals surface area contributed by atoms with E-state index < -0.39 is 0 Å². The summed E-state index contributed by atoms with van der Waals surface area (Å²) in [5, 5.41) is 1.28. The Hall–Kier alpha value is -2.45. The van der Waals surface area contributed by atoms with Crippen LogP contribution < -0.4 is 19.9 Å². The van der Waals surface area contributed by atoms with E-state index in [0.29, 0.717) is 39.8 Å². The van der Waals surface area contributed by atoms with Crippen molar-refractivity contribution in [2.75, 3.05) is 27.1 Å². The molecule has 0 spiro atoms. The molecule has 8 nitrogen and oxygen atoms in total. The first-order valence-corrected chi connectivity index (χ1v) is 7.87. The molecule has 3 heterocycles. The maximum Gasteiger partial charge on any atom is 0.261 e. The van der Waals surface area contributed by atoms with Crippen molar-refractivity contribution in [2.24, 2.45) is 0 Å². The number of nitrogens with zero attached hydrogens (tertiary/aromatic N) is 4. The average Bonchev–Trinajstić information content (AvgIpc) is 2.99. The second-order valence-corrected chi connectivity index (χ2v) is 5.74. The molecule has 0 saturated carbocycles. The van der Waals surface area contributed by atoms with Crippen molar-refractivity contribution >= 4 is 40.2 Å². The third-order valence-electron chi connectivity index (χ3n) is 3.60. The number of fused-ring (bicyclic) bond motifs is 1. The van der Waals surface area contributed by atoms with E-state index in [0.717, 1.165) is 0 Å². The van der Waals surface area contributed by atoms with E-state index in [9.17, 15) is 0 Å². The van der Waals surface area contributed by atoms with Gasteiger partial charge in [-0.1, -0.05) is 23.2 Å². The number of halogens is 2. The number of nitrogen functional groups attached to an aromatic ring is 1. The molecule has 3 aromatic rings. The first kappa shape index (κ1) is 17.4. The Morgan fingerprint density at radius 1 is 1.04 bits per heavy atom. The van der Waals surface area contributed by atoms with Crippen LogP contribution in [0.4, 0.5) is 5.95 Å². The molecule has 0 unspecified atom stereocenters. The standard InChI is InChI=1S/C15H15Cl2N5O3/c1-23-10-9(16)8(19-14(25-3)11(10)24-2)6-22-5-4-7-12(17)20-15(18)21-13(7)22/h4-5H,6H2,1-3H3,(H2,18,20,21). The van der Waals surface area contributed by atoms with Crippen molar-refractivity contribution in [2.45, 2.75) is 6.54 Å².